The first-order chi connectivity index (χ1) is 31.0. The molecule has 66 heavy (non-hydrogen) atoms. The third-order valence-electron chi connectivity index (χ3n) is 11.2. The van der Waals surface area contributed by atoms with E-state index in [1.165, 1.54) is 18.7 Å². The van der Waals surface area contributed by atoms with Crippen LogP contribution in [0.3, 0.4) is 0 Å². The van der Waals surface area contributed by atoms with Crippen LogP contribution < -0.4 is 59.7 Å². The van der Waals surface area contributed by atoms with Gasteiger partial charge in [-0.1, -0.05) is 53.9 Å². The summed E-state index contributed by atoms with van der Waals surface area (Å²) >= 11 is 0. The first-order valence-corrected chi connectivity index (χ1v) is 22.7. The van der Waals surface area contributed by atoms with Crippen molar-refractivity contribution in [1.29, 1.82) is 0 Å². The number of aliphatic imine (C=N–C) groups is 1. The van der Waals surface area contributed by atoms with E-state index in [0.29, 0.717) is 51.6 Å². The van der Waals surface area contributed by atoms with Crippen molar-refractivity contribution in [3.63, 3.8) is 0 Å². The summed E-state index contributed by atoms with van der Waals surface area (Å²) < 4.78 is 0. The lowest BCUT2D eigenvalue weighted by Gasteiger charge is -2.32. The molecule has 0 saturated carbocycles. The first kappa shape index (κ1) is 57.9. The van der Waals surface area contributed by atoms with Gasteiger partial charge in [0.2, 0.25) is 59.1 Å². The summed E-state index contributed by atoms with van der Waals surface area (Å²) in [7, 11) is 0. The average molecular weight is 938 g/mol. The molecule has 15 N–H and O–H groups in total. The van der Waals surface area contributed by atoms with E-state index in [2.05, 4.69) is 47.5 Å². The molecule has 0 aromatic heterocycles. The van der Waals surface area contributed by atoms with Crippen LogP contribution in [0.5, 0.6) is 0 Å². The Morgan fingerprint density at radius 1 is 0.682 bits per heavy atom. The van der Waals surface area contributed by atoms with E-state index in [4.69, 9.17) is 17.2 Å². The summed E-state index contributed by atoms with van der Waals surface area (Å²) in [5.74, 6) is -8.62. The number of nitrogens with one attached hydrogen (secondary N) is 8. The number of aliphatic hydroxyl groups is 1. The number of amides is 10. The number of carbonyl (C=O) groups is 10. The van der Waals surface area contributed by atoms with Crippen LogP contribution in [-0.2, 0) is 47.9 Å². The number of nitrogens with two attached hydrogens (primary N) is 3. The van der Waals surface area contributed by atoms with Crippen LogP contribution in [0.1, 0.15) is 113 Å². The lowest BCUT2D eigenvalue weighted by atomic mass is 9.96. The third-order valence-corrected chi connectivity index (χ3v) is 11.2. The van der Waals surface area contributed by atoms with Crippen molar-refractivity contribution in [1.82, 2.24) is 47.4 Å². The second kappa shape index (κ2) is 29.5. The maximum Gasteiger partial charge on any atom is 0.245 e. The Morgan fingerprint density at radius 3 is 1.71 bits per heavy atom. The summed E-state index contributed by atoms with van der Waals surface area (Å²) in [6.07, 6.45) is 0.405. The van der Waals surface area contributed by atoms with Gasteiger partial charge in [0.15, 0.2) is 5.96 Å². The zero-order valence-corrected chi connectivity index (χ0v) is 39.6. The van der Waals surface area contributed by atoms with Gasteiger partial charge in [-0.2, -0.15) is 0 Å². The van der Waals surface area contributed by atoms with Crippen LogP contribution >= 0.6 is 0 Å². The fourth-order valence-corrected chi connectivity index (χ4v) is 7.06. The molecule has 0 aromatic rings. The van der Waals surface area contributed by atoms with Crippen molar-refractivity contribution in [2.75, 3.05) is 26.2 Å². The predicted octanol–water partition coefficient (Wildman–Crippen LogP) is -3.64. The van der Waals surface area contributed by atoms with E-state index in [0.717, 1.165) is 0 Å². The molecule has 0 radical (unpaired) electrons. The van der Waals surface area contributed by atoms with Gasteiger partial charge in [-0.15, -0.1) is 0 Å². The highest BCUT2D eigenvalue weighted by Gasteiger charge is 2.40. The number of carbonyl (C=O) groups excluding carboxylic acids is 10. The quantitative estimate of drug-likeness (QED) is 0.0196. The fraction of sp³-hybridized carbons (Fsp3) is 0.738. The van der Waals surface area contributed by atoms with Crippen molar-refractivity contribution in [3.8, 4) is 0 Å². The standard InChI is InChI=1S/C42H75N13O11/c1-9-15-26(50-40(65)34(24(7)56)54-39(64)33(23(6)11-3)53-36(61)28(20-30(43)58)49-31(59)21-48-25(8)57)35(60)52-32(22(5)10-2)38(63)51-27(16-13-18-47-42(44)45)41(66)55-19-14-17-29(55)37(62)46-12-4/h22-24,26-29,32-34,56H,9-21H2,1-8H3,(H2,43,58)(H,46,62)(H,48,57)(H,49,59)(H,50,65)(H,51,63)(H,52,60)(H,53,61)(H,54,64)(H4,44,45,47)/t22-,23-,24+,26-,27-,28-,29-,32-,33+,34-/m0/s1. The Kier molecular flexibility index (Phi) is 25.9. The smallest absolute Gasteiger partial charge is 0.245 e. The highest BCUT2D eigenvalue weighted by molar-refractivity contribution is 5.99. The minimum Gasteiger partial charge on any atom is -0.391 e. The summed E-state index contributed by atoms with van der Waals surface area (Å²) in [4.78, 5) is 137. The number of guanidine groups is 1. The first-order valence-electron chi connectivity index (χ1n) is 22.7. The number of likely N-dealkylation sites (tertiary alicyclic amines) is 1. The zero-order valence-electron chi connectivity index (χ0n) is 39.6. The van der Waals surface area contributed by atoms with Gasteiger partial charge in [0.1, 0.15) is 42.3 Å². The van der Waals surface area contributed by atoms with Crippen LogP contribution in [0, 0.1) is 11.8 Å². The summed E-state index contributed by atoms with van der Waals surface area (Å²) in [6.45, 7) is 13.1. The molecule has 1 saturated heterocycles. The molecule has 1 rings (SSSR count). The van der Waals surface area contributed by atoms with Gasteiger partial charge in [-0.25, -0.2) is 0 Å². The van der Waals surface area contributed by atoms with Crippen LogP contribution in [0.4, 0.5) is 0 Å². The average Bonchev–Trinajstić information content (AvgIpc) is 3.75. The minimum absolute atomic E-state index is 0.0649. The number of likely N-dealkylation sites (N-methyl/N-ethyl adjacent to an activating group) is 1. The van der Waals surface area contributed by atoms with Crippen molar-refractivity contribution >= 4 is 65.0 Å². The third kappa shape index (κ3) is 19.6. The van der Waals surface area contributed by atoms with Crippen LogP contribution in [0.15, 0.2) is 4.99 Å². The second-order valence-corrected chi connectivity index (χ2v) is 16.6. The monoisotopic (exact) mass is 938 g/mol. The van der Waals surface area contributed by atoms with Crippen molar-refractivity contribution in [3.05, 3.63) is 0 Å². The molecule has 0 bridgehead atoms. The highest BCUT2D eigenvalue weighted by atomic mass is 16.3. The number of aliphatic hydroxyl groups excluding tert-OH is 1. The van der Waals surface area contributed by atoms with E-state index in [1.807, 2.05) is 0 Å². The lowest BCUT2D eigenvalue weighted by Crippen LogP contribution is -2.63. The molecule has 10 amide bonds. The van der Waals surface area contributed by atoms with E-state index in [1.54, 1.807) is 41.5 Å². The summed E-state index contributed by atoms with van der Waals surface area (Å²) in [6, 6.07) is -8.89. The number of nitrogens with zero attached hydrogens (tertiary/aromatic N) is 2. The lowest BCUT2D eigenvalue weighted by molar-refractivity contribution is -0.142. The molecule has 0 unspecified atom stereocenters. The Bertz CT molecular complexity index is 1730. The SMILES string of the molecule is CCC[C@H](NC(=O)[C@@H](NC(=O)[C@H](NC(=O)[C@H](CC(N)=O)NC(=O)CNC(C)=O)[C@@H](C)CC)[C@@H](C)O)C(=O)N[C@H](C(=O)N[C@@H](CCCN=C(N)N)C(=O)N1CCC[C@H]1C(=O)NCC)[C@@H](C)CC. The molecule has 1 aliphatic heterocycles. The molecule has 0 aromatic carbocycles. The molecule has 1 aliphatic rings. The minimum atomic E-state index is -1.67. The Balaban J connectivity index is 3.35. The van der Waals surface area contributed by atoms with Crippen LogP contribution in [-0.4, -0.2) is 150 Å². The fourth-order valence-electron chi connectivity index (χ4n) is 7.06. The largest absolute Gasteiger partial charge is 0.391 e. The van der Waals surface area contributed by atoms with Gasteiger partial charge in [0.25, 0.3) is 0 Å². The number of rotatable bonds is 29. The van der Waals surface area contributed by atoms with E-state index in [-0.39, 0.29) is 31.3 Å². The van der Waals surface area contributed by atoms with Crippen LogP contribution in [0.25, 0.3) is 0 Å². The van der Waals surface area contributed by atoms with Gasteiger partial charge in [0, 0.05) is 26.6 Å². The van der Waals surface area contributed by atoms with E-state index in [9.17, 15) is 53.1 Å². The molecule has 24 nitrogen and oxygen atoms in total. The zero-order chi connectivity index (χ0) is 50.3. The molecule has 24 heteroatoms. The Morgan fingerprint density at radius 2 is 1.21 bits per heavy atom. The van der Waals surface area contributed by atoms with Crippen molar-refractivity contribution < 1.29 is 53.1 Å². The molecule has 0 aliphatic carbocycles. The Labute approximate surface area is 386 Å². The topological polar surface area (TPSA) is 381 Å². The van der Waals surface area contributed by atoms with Gasteiger partial charge in [-0.3, -0.25) is 52.9 Å². The number of primary amides is 1. The van der Waals surface area contributed by atoms with Crippen LogP contribution in [0.2, 0.25) is 0 Å². The predicted molar refractivity (Wildman–Crippen MR) is 243 cm³/mol. The summed E-state index contributed by atoms with van der Waals surface area (Å²) in [5.41, 5.74) is 16.3. The summed E-state index contributed by atoms with van der Waals surface area (Å²) in [5, 5.41) is 31.1. The molecular formula is C42H75N13O11. The molecule has 10 atom stereocenters. The van der Waals surface area contributed by atoms with Gasteiger partial charge in [0.05, 0.1) is 19.1 Å². The normalized spacial score (nSPS) is 17.3. The maximum atomic E-state index is 14.1. The molecule has 1 fully saturated rings. The van der Waals surface area contributed by atoms with Gasteiger partial charge >= 0.3 is 0 Å². The van der Waals surface area contributed by atoms with E-state index < -0.39 is 126 Å². The Hall–Kier alpha value is -6.07. The molecular weight excluding hydrogens is 863 g/mol. The number of hydrogen-bond donors (Lipinski definition) is 12. The number of hydrogen-bond acceptors (Lipinski definition) is 12. The molecule has 374 valence electrons. The van der Waals surface area contributed by atoms with Gasteiger partial charge in [-0.05, 0) is 57.8 Å². The second-order valence-electron chi connectivity index (χ2n) is 16.6. The highest BCUT2D eigenvalue weighted by Crippen LogP contribution is 2.20. The van der Waals surface area contributed by atoms with Gasteiger partial charge < -0.3 is 69.7 Å². The molecule has 0 spiro atoms. The molecule has 1 heterocycles. The van der Waals surface area contributed by atoms with Crippen molar-refractivity contribution in [2.24, 2.45) is 34.0 Å². The van der Waals surface area contributed by atoms with E-state index >= 15 is 0 Å². The van der Waals surface area contributed by atoms with Crippen molar-refractivity contribution in [2.45, 2.75) is 162 Å². The maximum absolute atomic E-state index is 14.1.